The second kappa shape index (κ2) is 4.81. The summed E-state index contributed by atoms with van der Waals surface area (Å²) < 4.78 is 0. The van der Waals surface area contributed by atoms with Crippen LogP contribution in [0.4, 0.5) is 11.5 Å². The number of H-pyrrole nitrogens is 1. The molecule has 2 bridgehead atoms. The maximum atomic E-state index is 11.6. The Balaban J connectivity index is 1.85. The van der Waals surface area contributed by atoms with Gasteiger partial charge in [0.05, 0.1) is 6.33 Å². The fraction of sp³-hybridized carbons (Fsp3) is 0.615. The highest BCUT2D eigenvalue weighted by Gasteiger charge is 2.42. The number of anilines is 2. The van der Waals surface area contributed by atoms with Crippen molar-refractivity contribution in [2.45, 2.75) is 44.2 Å². The number of rotatable bonds is 3. The minimum atomic E-state index is -0.739. The molecule has 20 heavy (non-hydrogen) atoms. The van der Waals surface area contributed by atoms with Gasteiger partial charge in [-0.2, -0.15) is 0 Å². The molecule has 7 heteroatoms. The summed E-state index contributed by atoms with van der Waals surface area (Å²) >= 11 is 0. The highest BCUT2D eigenvalue weighted by atomic mass is 16.4. The molecule has 0 radical (unpaired) electrons. The first-order chi connectivity index (χ1) is 9.56. The van der Waals surface area contributed by atoms with E-state index in [-0.39, 0.29) is 35.7 Å². The minimum Gasteiger partial charge on any atom is -0.481 e. The lowest BCUT2D eigenvalue weighted by Gasteiger charge is -2.39. The van der Waals surface area contributed by atoms with Gasteiger partial charge in [-0.05, 0) is 31.6 Å². The van der Waals surface area contributed by atoms with Crippen molar-refractivity contribution in [3.63, 3.8) is 0 Å². The SMILES string of the molecule is Nc1c(N2C3CCC2CC(CC(=O)O)C3)nc[nH]c1=O. The van der Waals surface area contributed by atoms with Crippen LogP contribution in [0.25, 0.3) is 0 Å². The van der Waals surface area contributed by atoms with E-state index in [9.17, 15) is 9.59 Å². The predicted molar refractivity (Wildman–Crippen MR) is 73.5 cm³/mol. The summed E-state index contributed by atoms with van der Waals surface area (Å²) in [7, 11) is 0. The molecule has 3 rings (SSSR count). The molecule has 0 aromatic carbocycles. The number of aromatic amines is 1. The number of nitrogens with two attached hydrogens (primary N) is 1. The van der Waals surface area contributed by atoms with Crippen LogP contribution in [-0.4, -0.2) is 33.1 Å². The summed E-state index contributed by atoms with van der Waals surface area (Å²) in [5, 5.41) is 8.93. The number of piperidine rings is 1. The van der Waals surface area contributed by atoms with Crippen molar-refractivity contribution in [1.29, 1.82) is 0 Å². The van der Waals surface area contributed by atoms with Gasteiger partial charge >= 0.3 is 5.97 Å². The maximum Gasteiger partial charge on any atom is 0.303 e. The average Bonchev–Trinajstić information content (AvgIpc) is 2.64. The fourth-order valence-corrected chi connectivity index (χ4v) is 3.66. The lowest BCUT2D eigenvalue weighted by Crippen LogP contribution is -2.44. The van der Waals surface area contributed by atoms with Gasteiger partial charge in [-0.25, -0.2) is 4.98 Å². The van der Waals surface area contributed by atoms with E-state index in [1.54, 1.807) is 0 Å². The van der Waals surface area contributed by atoms with Crippen LogP contribution >= 0.6 is 0 Å². The summed E-state index contributed by atoms with van der Waals surface area (Å²) in [5.74, 6) is 0.0242. The summed E-state index contributed by atoms with van der Waals surface area (Å²) in [5.41, 5.74) is 5.68. The number of nitrogen functional groups attached to an aromatic ring is 1. The Bertz CT molecular complexity index is 571. The van der Waals surface area contributed by atoms with Crippen LogP contribution in [0.15, 0.2) is 11.1 Å². The first-order valence-electron chi connectivity index (χ1n) is 6.89. The molecule has 2 fully saturated rings. The van der Waals surface area contributed by atoms with Crippen LogP contribution in [-0.2, 0) is 4.79 Å². The molecule has 4 N–H and O–H groups in total. The highest BCUT2D eigenvalue weighted by Crippen LogP contribution is 2.42. The zero-order valence-corrected chi connectivity index (χ0v) is 11.1. The Labute approximate surface area is 115 Å². The molecule has 0 amide bonds. The molecule has 0 spiro atoms. The Kier molecular flexibility index (Phi) is 3.11. The van der Waals surface area contributed by atoms with Gasteiger partial charge < -0.3 is 20.7 Å². The van der Waals surface area contributed by atoms with Crippen molar-refractivity contribution < 1.29 is 9.90 Å². The number of nitrogens with zero attached hydrogens (tertiary/aromatic N) is 2. The minimum absolute atomic E-state index is 0.154. The van der Waals surface area contributed by atoms with Gasteiger partial charge in [-0.1, -0.05) is 0 Å². The highest BCUT2D eigenvalue weighted by molar-refractivity contribution is 5.67. The standard InChI is InChI=1S/C13H18N4O3/c14-11-12(15-6-16-13(11)20)17-8-1-2-9(17)4-7(3-8)5-10(18)19/h6-9H,1-5,14H2,(H,18,19)(H,15,16,20). The van der Waals surface area contributed by atoms with Crippen LogP contribution in [0, 0.1) is 5.92 Å². The van der Waals surface area contributed by atoms with E-state index in [0.717, 1.165) is 25.7 Å². The van der Waals surface area contributed by atoms with Crippen molar-refractivity contribution in [2.75, 3.05) is 10.6 Å². The van der Waals surface area contributed by atoms with E-state index < -0.39 is 5.97 Å². The first-order valence-corrected chi connectivity index (χ1v) is 6.89. The van der Waals surface area contributed by atoms with Crippen LogP contribution in [0.1, 0.15) is 32.1 Å². The third kappa shape index (κ3) is 2.13. The van der Waals surface area contributed by atoms with Crippen molar-refractivity contribution in [1.82, 2.24) is 9.97 Å². The summed E-state index contributed by atoms with van der Waals surface area (Å²) in [4.78, 5) is 31.3. The molecule has 2 aliphatic rings. The molecule has 2 saturated heterocycles. The Hall–Kier alpha value is -2.05. The molecule has 2 aliphatic heterocycles. The zero-order chi connectivity index (χ0) is 14.3. The normalized spacial score (nSPS) is 28.6. The molecule has 3 heterocycles. The number of fused-ring (bicyclic) bond motifs is 2. The molecular weight excluding hydrogens is 260 g/mol. The number of hydrogen-bond donors (Lipinski definition) is 3. The summed E-state index contributed by atoms with van der Waals surface area (Å²) in [6.45, 7) is 0. The molecule has 0 aliphatic carbocycles. The van der Waals surface area contributed by atoms with Gasteiger partial charge in [0.25, 0.3) is 5.56 Å². The van der Waals surface area contributed by atoms with E-state index >= 15 is 0 Å². The number of nitrogens with one attached hydrogen (secondary N) is 1. The molecule has 2 atom stereocenters. The largest absolute Gasteiger partial charge is 0.481 e. The van der Waals surface area contributed by atoms with Gasteiger partial charge in [0.15, 0.2) is 5.82 Å². The lowest BCUT2D eigenvalue weighted by molar-refractivity contribution is -0.138. The molecule has 1 aromatic rings. The Morgan fingerprint density at radius 2 is 2.10 bits per heavy atom. The van der Waals surface area contributed by atoms with Crippen molar-refractivity contribution in [3.05, 3.63) is 16.7 Å². The number of carboxylic acid groups (broad SMARTS) is 1. The smallest absolute Gasteiger partial charge is 0.303 e. The predicted octanol–water partition coefficient (Wildman–Crippen LogP) is 0.574. The second-order valence-electron chi connectivity index (χ2n) is 5.70. The third-order valence-corrected chi connectivity index (χ3v) is 4.41. The second-order valence-corrected chi connectivity index (χ2v) is 5.70. The van der Waals surface area contributed by atoms with Gasteiger partial charge in [0.2, 0.25) is 0 Å². The number of carbonyl (C=O) groups is 1. The quantitative estimate of drug-likeness (QED) is 0.745. The van der Waals surface area contributed by atoms with Crippen molar-refractivity contribution in [3.8, 4) is 0 Å². The maximum absolute atomic E-state index is 11.6. The van der Waals surface area contributed by atoms with E-state index in [1.807, 2.05) is 0 Å². The number of carboxylic acids is 1. The van der Waals surface area contributed by atoms with Crippen LogP contribution < -0.4 is 16.2 Å². The first kappa shape index (κ1) is 13.0. The van der Waals surface area contributed by atoms with E-state index in [1.165, 1.54) is 6.33 Å². The molecule has 108 valence electrons. The van der Waals surface area contributed by atoms with E-state index in [4.69, 9.17) is 10.8 Å². The number of aliphatic carboxylic acids is 1. The van der Waals surface area contributed by atoms with Gasteiger partial charge in [0.1, 0.15) is 5.69 Å². The summed E-state index contributed by atoms with van der Waals surface area (Å²) in [6.07, 6.45) is 5.27. The average molecular weight is 278 g/mol. The molecule has 0 saturated carbocycles. The topological polar surface area (TPSA) is 112 Å². The van der Waals surface area contributed by atoms with Crippen LogP contribution in [0.3, 0.4) is 0 Å². The van der Waals surface area contributed by atoms with Gasteiger partial charge in [-0.3, -0.25) is 9.59 Å². The Morgan fingerprint density at radius 3 is 2.70 bits per heavy atom. The van der Waals surface area contributed by atoms with Crippen LogP contribution in [0.2, 0.25) is 0 Å². The van der Waals surface area contributed by atoms with Crippen LogP contribution in [0.5, 0.6) is 0 Å². The monoisotopic (exact) mass is 278 g/mol. The fourth-order valence-electron chi connectivity index (χ4n) is 3.66. The molecule has 1 aromatic heterocycles. The third-order valence-electron chi connectivity index (χ3n) is 4.41. The lowest BCUT2D eigenvalue weighted by atomic mass is 9.88. The van der Waals surface area contributed by atoms with E-state index in [2.05, 4.69) is 14.9 Å². The van der Waals surface area contributed by atoms with Gasteiger partial charge in [-0.15, -0.1) is 0 Å². The summed E-state index contributed by atoms with van der Waals surface area (Å²) in [6, 6.07) is 0.490. The van der Waals surface area contributed by atoms with Crippen molar-refractivity contribution >= 4 is 17.5 Å². The zero-order valence-electron chi connectivity index (χ0n) is 11.1. The molecular formula is C13H18N4O3. The molecule has 2 unspecified atom stereocenters. The Morgan fingerprint density at radius 1 is 1.45 bits per heavy atom. The van der Waals surface area contributed by atoms with Gasteiger partial charge in [0, 0.05) is 18.5 Å². The number of aromatic nitrogens is 2. The molecule has 7 nitrogen and oxygen atoms in total. The number of hydrogen-bond acceptors (Lipinski definition) is 5. The van der Waals surface area contributed by atoms with E-state index in [0.29, 0.717) is 5.82 Å². The van der Waals surface area contributed by atoms with Crippen molar-refractivity contribution in [2.24, 2.45) is 5.92 Å².